The molecule has 4 aliphatic rings. The SMILES string of the molecule is CCC[C@H]1O[C@@H]2C(C[C@H]1C)O[C@@H](CC(C)OC)[C@H](OCc1ccc(OC)cc1)[C@H]2C.COc1ccc(CO[C@@H]2[C@@H](C)[C@@H]3O[C@H](CCO)[C@H](C)CC3O[C@H]2CC(C)OC)cc1. The molecule has 60 heavy (non-hydrogen) atoms. The van der Waals surface area contributed by atoms with Gasteiger partial charge in [-0.25, -0.2) is 0 Å². The predicted molar refractivity (Wildman–Crippen MR) is 232 cm³/mol. The Hall–Kier alpha value is -2.32. The summed E-state index contributed by atoms with van der Waals surface area (Å²) in [5, 5.41) is 9.41. The second-order valence-electron chi connectivity index (χ2n) is 18.0. The van der Waals surface area contributed by atoms with Crippen molar-refractivity contribution in [1.29, 1.82) is 0 Å². The van der Waals surface area contributed by atoms with E-state index in [1.807, 2.05) is 36.4 Å². The molecule has 0 aliphatic carbocycles. The van der Waals surface area contributed by atoms with E-state index in [-0.39, 0.29) is 85.6 Å². The molecule has 2 aromatic rings. The van der Waals surface area contributed by atoms with Crippen LogP contribution in [0.1, 0.15) is 105 Å². The lowest BCUT2D eigenvalue weighted by atomic mass is 9.79. The lowest BCUT2D eigenvalue weighted by Crippen LogP contribution is -2.59. The summed E-state index contributed by atoms with van der Waals surface area (Å²) < 4.78 is 60.7. The number of aliphatic hydroxyl groups excluding tert-OH is 1. The molecule has 4 saturated heterocycles. The van der Waals surface area contributed by atoms with E-state index in [0.29, 0.717) is 37.6 Å². The molecule has 0 bridgehead atoms. The summed E-state index contributed by atoms with van der Waals surface area (Å²) >= 11 is 0. The van der Waals surface area contributed by atoms with Crippen molar-refractivity contribution < 1.29 is 52.5 Å². The number of benzene rings is 2. The van der Waals surface area contributed by atoms with Crippen molar-refractivity contribution in [2.75, 3.05) is 35.0 Å². The van der Waals surface area contributed by atoms with Crippen LogP contribution in [0.4, 0.5) is 0 Å². The number of fused-ring (bicyclic) bond motifs is 2. The minimum absolute atomic E-state index is 0.00738. The van der Waals surface area contributed by atoms with Gasteiger partial charge in [0.2, 0.25) is 0 Å². The average Bonchev–Trinajstić information content (AvgIpc) is 3.25. The number of hydrogen-bond donors (Lipinski definition) is 1. The van der Waals surface area contributed by atoms with Gasteiger partial charge in [-0.2, -0.15) is 0 Å². The van der Waals surface area contributed by atoms with Crippen LogP contribution >= 0.6 is 0 Å². The second-order valence-corrected chi connectivity index (χ2v) is 18.0. The molecule has 1 N–H and O–H groups in total. The van der Waals surface area contributed by atoms with Gasteiger partial charge < -0.3 is 52.5 Å². The predicted octanol–water partition coefficient (Wildman–Crippen LogP) is 8.59. The molecule has 16 atom stereocenters. The van der Waals surface area contributed by atoms with E-state index in [1.165, 1.54) is 0 Å². The Labute approximate surface area is 361 Å². The number of ether oxygens (including phenoxy) is 10. The van der Waals surface area contributed by atoms with Crippen molar-refractivity contribution >= 4 is 0 Å². The molecule has 4 aliphatic heterocycles. The molecule has 0 saturated carbocycles. The van der Waals surface area contributed by atoms with E-state index in [9.17, 15) is 5.11 Å². The number of rotatable bonds is 18. The Bertz CT molecular complexity index is 1380. The highest BCUT2D eigenvalue weighted by Crippen LogP contribution is 2.42. The van der Waals surface area contributed by atoms with E-state index >= 15 is 0 Å². The number of methoxy groups -OCH3 is 4. The first-order chi connectivity index (χ1) is 28.9. The molecule has 4 fully saturated rings. The van der Waals surface area contributed by atoms with E-state index in [2.05, 4.69) is 60.6 Å². The van der Waals surface area contributed by atoms with Gasteiger partial charge in [0.25, 0.3) is 0 Å². The summed E-state index contributed by atoms with van der Waals surface area (Å²) in [6, 6.07) is 16.0. The average molecular weight is 843 g/mol. The van der Waals surface area contributed by atoms with Crippen molar-refractivity contribution in [2.45, 2.75) is 180 Å². The van der Waals surface area contributed by atoms with Crippen LogP contribution in [0.5, 0.6) is 11.5 Å². The zero-order valence-corrected chi connectivity index (χ0v) is 38.5. The zero-order chi connectivity index (χ0) is 43.3. The minimum Gasteiger partial charge on any atom is -0.497 e. The van der Waals surface area contributed by atoms with E-state index in [0.717, 1.165) is 61.2 Å². The Balaban J connectivity index is 0.000000228. The Morgan fingerprint density at radius 3 is 1.33 bits per heavy atom. The first-order valence-corrected chi connectivity index (χ1v) is 22.7. The fourth-order valence-corrected chi connectivity index (χ4v) is 9.69. The fourth-order valence-electron chi connectivity index (χ4n) is 9.69. The molecular formula is C49H78O11. The maximum atomic E-state index is 9.41. The molecule has 0 radical (unpaired) electrons. The molecule has 11 heteroatoms. The van der Waals surface area contributed by atoms with E-state index < -0.39 is 0 Å². The normalized spacial score (nSPS) is 34.9. The summed E-state index contributed by atoms with van der Waals surface area (Å²) in [6.45, 7) is 16.5. The van der Waals surface area contributed by atoms with Gasteiger partial charge in [-0.05, 0) is 86.8 Å². The van der Waals surface area contributed by atoms with Gasteiger partial charge in [0, 0.05) is 45.5 Å². The van der Waals surface area contributed by atoms with Crippen molar-refractivity contribution in [1.82, 2.24) is 0 Å². The molecule has 4 heterocycles. The quantitative estimate of drug-likeness (QED) is 0.156. The van der Waals surface area contributed by atoms with Crippen LogP contribution < -0.4 is 9.47 Å². The van der Waals surface area contributed by atoms with Crippen LogP contribution in [0, 0.1) is 23.7 Å². The third-order valence-corrected chi connectivity index (χ3v) is 13.5. The van der Waals surface area contributed by atoms with Gasteiger partial charge in [0.1, 0.15) is 11.5 Å². The molecule has 2 aromatic carbocycles. The van der Waals surface area contributed by atoms with Crippen molar-refractivity contribution in [2.24, 2.45) is 23.7 Å². The van der Waals surface area contributed by atoms with Crippen LogP contribution in [0.25, 0.3) is 0 Å². The molecule has 0 spiro atoms. The maximum absolute atomic E-state index is 9.41. The van der Waals surface area contributed by atoms with Crippen LogP contribution in [-0.2, 0) is 51.1 Å². The molecule has 340 valence electrons. The van der Waals surface area contributed by atoms with Crippen LogP contribution in [0.3, 0.4) is 0 Å². The first kappa shape index (κ1) is 48.7. The molecule has 6 rings (SSSR count). The second kappa shape index (κ2) is 23.9. The van der Waals surface area contributed by atoms with Gasteiger partial charge in [0.15, 0.2) is 0 Å². The Morgan fingerprint density at radius 2 is 0.983 bits per heavy atom. The molecular weight excluding hydrogens is 765 g/mol. The molecule has 0 amide bonds. The van der Waals surface area contributed by atoms with Crippen molar-refractivity contribution in [3.8, 4) is 11.5 Å². The third-order valence-electron chi connectivity index (χ3n) is 13.5. The lowest BCUT2D eigenvalue weighted by molar-refractivity contribution is -0.268. The summed E-state index contributed by atoms with van der Waals surface area (Å²) in [7, 11) is 6.84. The van der Waals surface area contributed by atoms with Gasteiger partial charge in [0.05, 0.1) is 101 Å². The van der Waals surface area contributed by atoms with Gasteiger partial charge >= 0.3 is 0 Å². The molecule has 4 unspecified atom stereocenters. The third kappa shape index (κ3) is 12.9. The monoisotopic (exact) mass is 843 g/mol. The molecule has 11 nitrogen and oxygen atoms in total. The van der Waals surface area contributed by atoms with Crippen LogP contribution in [-0.4, -0.2) is 113 Å². The highest BCUT2D eigenvalue weighted by Gasteiger charge is 2.50. The highest BCUT2D eigenvalue weighted by molar-refractivity contribution is 5.27. The van der Waals surface area contributed by atoms with E-state index in [4.69, 9.17) is 47.4 Å². The zero-order valence-electron chi connectivity index (χ0n) is 38.5. The summed E-state index contributed by atoms with van der Waals surface area (Å²) in [6.07, 6.45) is 7.25. The molecule has 0 aromatic heterocycles. The summed E-state index contributed by atoms with van der Waals surface area (Å²) in [5.41, 5.74) is 2.23. The van der Waals surface area contributed by atoms with Gasteiger partial charge in [-0.15, -0.1) is 0 Å². The number of hydrogen-bond acceptors (Lipinski definition) is 11. The topological polar surface area (TPSA) is 113 Å². The maximum Gasteiger partial charge on any atom is 0.118 e. The number of aliphatic hydroxyl groups is 1. The van der Waals surface area contributed by atoms with Gasteiger partial charge in [-0.1, -0.05) is 65.3 Å². The lowest BCUT2D eigenvalue weighted by Gasteiger charge is -2.51. The fraction of sp³-hybridized carbons (Fsp3) is 0.755. The summed E-state index contributed by atoms with van der Waals surface area (Å²) in [5.74, 6) is 3.03. The standard InChI is InChI=1S/C25H40O5.C24H38O6/c1-7-8-21-16(2)13-22-25(30-21)18(4)24(23(29-22)14-17(3)26-5)28-15-19-9-11-20(27-6)12-10-19;1-15-12-21-24(30-20(15)10-11-25)17(3)23(22(29-21)13-16(2)26-4)28-14-18-6-8-19(27-5)9-7-18/h9-12,16-18,21-25H,7-8,13-15H2,1-6H3;6-9,15-17,20-25H,10-14H2,1-5H3/t16-,17?,18-,21-,22?,23+,24-,25+;15-,16?,17-,20-,21?,22+,23-,24+/m11/s1. The van der Waals surface area contributed by atoms with Crippen molar-refractivity contribution in [3.63, 3.8) is 0 Å². The first-order valence-electron chi connectivity index (χ1n) is 22.7. The van der Waals surface area contributed by atoms with E-state index in [1.54, 1.807) is 28.4 Å². The van der Waals surface area contributed by atoms with Crippen LogP contribution in [0.15, 0.2) is 48.5 Å². The smallest absolute Gasteiger partial charge is 0.118 e. The Kier molecular flexibility index (Phi) is 19.4. The largest absolute Gasteiger partial charge is 0.497 e. The minimum atomic E-state index is -0.0888. The van der Waals surface area contributed by atoms with Crippen molar-refractivity contribution in [3.05, 3.63) is 59.7 Å². The van der Waals surface area contributed by atoms with Crippen LogP contribution in [0.2, 0.25) is 0 Å². The highest BCUT2D eigenvalue weighted by atomic mass is 16.6. The Morgan fingerprint density at radius 1 is 0.583 bits per heavy atom. The van der Waals surface area contributed by atoms with Gasteiger partial charge in [-0.3, -0.25) is 0 Å². The summed E-state index contributed by atoms with van der Waals surface area (Å²) in [4.78, 5) is 0.